The molecule has 16 heavy (non-hydrogen) atoms. The zero-order valence-electron chi connectivity index (χ0n) is 9.19. The molecule has 7 heteroatoms. The van der Waals surface area contributed by atoms with Crippen LogP contribution < -0.4 is 10.6 Å². The maximum atomic E-state index is 10.7. The van der Waals surface area contributed by atoms with Crippen molar-refractivity contribution in [3.63, 3.8) is 0 Å². The molecule has 6 nitrogen and oxygen atoms in total. The second-order valence-electron chi connectivity index (χ2n) is 3.02. The van der Waals surface area contributed by atoms with Gasteiger partial charge >= 0.3 is 0 Å². The Balaban J connectivity index is 2.82. The van der Waals surface area contributed by atoms with E-state index < -0.39 is 4.92 Å². The third-order valence-corrected chi connectivity index (χ3v) is 2.50. The molecular formula is C9H14N4O2S. The van der Waals surface area contributed by atoms with E-state index in [0.29, 0.717) is 11.6 Å². The predicted octanol–water partition coefficient (Wildman–Crippen LogP) is 1.81. The monoisotopic (exact) mass is 242 g/mol. The van der Waals surface area contributed by atoms with Gasteiger partial charge in [-0.25, -0.2) is 4.98 Å². The molecule has 0 bridgehead atoms. The minimum atomic E-state index is -0.428. The van der Waals surface area contributed by atoms with Crippen LogP contribution in [0, 0.1) is 10.1 Å². The summed E-state index contributed by atoms with van der Waals surface area (Å²) in [6.07, 6.45) is 2.00. The number of nitrogens with zero attached hydrogens (tertiary/aromatic N) is 2. The standard InChI is InChI=1S/C9H14N4O2S/c1-10-8-5-7(13(14)15)6-9(12-8)11-3-4-16-2/h5-6H,3-4H2,1-2H3,(H2,10,11,12). The van der Waals surface area contributed by atoms with E-state index in [9.17, 15) is 10.1 Å². The summed E-state index contributed by atoms with van der Waals surface area (Å²) in [5.74, 6) is 1.94. The van der Waals surface area contributed by atoms with Crippen LogP contribution in [0.5, 0.6) is 0 Å². The van der Waals surface area contributed by atoms with Crippen LogP contribution >= 0.6 is 11.8 Å². The largest absolute Gasteiger partial charge is 0.373 e. The number of nitro groups is 1. The number of nitrogens with one attached hydrogen (secondary N) is 2. The molecule has 1 rings (SSSR count). The lowest BCUT2D eigenvalue weighted by Gasteiger charge is -2.06. The van der Waals surface area contributed by atoms with E-state index in [4.69, 9.17) is 0 Å². The van der Waals surface area contributed by atoms with Crippen molar-refractivity contribution in [1.82, 2.24) is 4.98 Å². The van der Waals surface area contributed by atoms with E-state index in [1.54, 1.807) is 18.8 Å². The molecule has 2 N–H and O–H groups in total. The smallest absolute Gasteiger partial charge is 0.276 e. The Morgan fingerprint density at radius 2 is 2.19 bits per heavy atom. The normalized spacial score (nSPS) is 9.88. The second kappa shape index (κ2) is 6.16. The van der Waals surface area contributed by atoms with Crippen molar-refractivity contribution in [2.24, 2.45) is 0 Å². The maximum absolute atomic E-state index is 10.7. The van der Waals surface area contributed by atoms with Crippen molar-refractivity contribution >= 4 is 29.1 Å². The maximum Gasteiger partial charge on any atom is 0.276 e. The Hall–Kier alpha value is -1.50. The van der Waals surface area contributed by atoms with Gasteiger partial charge in [0.2, 0.25) is 0 Å². The highest BCUT2D eigenvalue weighted by Gasteiger charge is 2.09. The van der Waals surface area contributed by atoms with Crippen LogP contribution in [0.15, 0.2) is 12.1 Å². The van der Waals surface area contributed by atoms with Crippen molar-refractivity contribution in [2.45, 2.75) is 0 Å². The zero-order chi connectivity index (χ0) is 12.0. The van der Waals surface area contributed by atoms with E-state index in [0.717, 1.165) is 12.3 Å². The highest BCUT2D eigenvalue weighted by Crippen LogP contribution is 2.20. The van der Waals surface area contributed by atoms with Gasteiger partial charge in [0.05, 0.1) is 17.1 Å². The topological polar surface area (TPSA) is 80.1 Å². The van der Waals surface area contributed by atoms with Crippen LogP contribution in [0.1, 0.15) is 0 Å². The molecular weight excluding hydrogens is 228 g/mol. The zero-order valence-corrected chi connectivity index (χ0v) is 10.0. The van der Waals surface area contributed by atoms with Gasteiger partial charge in [0.1, 0.15) is 11.6 Å². The van der Waals surface area contributed by atoms with Gasteiger partial charge in [-0.05, 0) is 6.26 Å². The lowest BCUT2D eigenvalue weighted by molar-refractivity contribution is -0.384. The minimum absolute atomic E-state index is 0.0333. The molecule has 0 aliphatic carbocycles. The lowest BCUT2D eigenvalue weighted by atomic mass is 10.3. The molecule has 0 aliphatic rings. The molecule has 0 spiro atoms. The number of rotatable bonds is 6. The van der Waals surface area contributed by atoms with Gasteiger partial charge in [-0.1, -0.05) is 0 Å². The Morgan fingerprint density at radius 3 is 2.75 bits per heavy atom. The molecule has 0 radical (unpaired) electrons. The quantitative estimate of drug-likeness (QED) is 0.450. The first kappa shape index (κ1) is 12.6. The molecule has 0 saturated heterocycles. The molecule has 0 unspecified atom stereocenters. The first-order valence-corrected chi connectivity index (χ1v) is 6.13. The average Bonchev–Trinajstić information content (AvgIpc) is 2.29. The summed E-state index contributed by atoms with van der Waals surface area (Å²) in [6, 6.07) is 2.83. The summed E-state index contributed by atoms with van der Waals surface area (Å²) < 4.78 is 0. The van der Waals surface area contributed by atoms with Gasteiger partial charge in [0, 0.05) is 19.3 Å². The van der Waals surface area contributed by atoms with Gasteiger partial charge in [0.25, 0.3) is 5.69 Å². The van der Waals surface area contributed by atoms with E-state index in [2.05, 4.69) is 15.6 Å². The third kappa shape index (κ3) is 3.58. The van der Waals surface area contributed by atoms with Crippen molar-refractivity contribution in [2.75, 3.05) is 36.2 Å². The Morgan fingerprint density at radius 1 is 1.50 bits per heavy atom. The summed E-state index contributed by atoms with van der Waals surface area (Å²) in [4.78, 5) is 14.4. The molecule has 88 valence electrons. The average molecular weight is 242 g/mol. The van der Waals surface area contributed by atoms with Crippen molar-refractivity contribution in [1.29, 1.82) is 0 Å². The number of thioether (sulfide) groups is 1. The van der Waals surface area contributed by atoms with E-state index in [1.807, 2.05) is 6.26 Å². The summed E-state index contributed by atoms with van der Waals surface area (Å²) in [6.45, 7) is 0.735. The van der Waals surface area contributed by atoms with E-state index in [-0.39, 0.29) is 5.69 Å². The number of aromatic nitrogens is 1. The summed E-state index contributed by atoms with van der Waals surface area (Å²) >= 11 is 1.70. The molecule has 0 fully saturated rings. The first-order valence-electron chi connectivity index (χ1n) is 4.74. The van der Waals surface area contributed by atoms with Crippen LogP contribution in [0.3, 0.4) is 0 Å². The van der Waals surface area contributed by atoms with E-state index >= 15 is 0 Å². The number of pyridine rings is 1. The van der Waals surface area contributed by atoms with Crippen LogP contribution in [0.4, 0.5) is 17.3 Å². The summed E-state index contributed by atoms with van der Waals surface area (Å²) in [5.41, 5.74) is 0.0333. The molecule has 0 aliphatic heterocycles. The lowest BCUT2D eigenvalue weighted by Crippen LogP contribution is -2.07. The fourth-order valence-electron chi connectivity index (χ4n) is 1.12. The highest BCUT2D eigenvalue weighted by atomic mass is 32.2. The Labute approximate surface area is 98.0 Å². The summed E-state index contributed by atoms with van der Waals surface area (Å²) in [7, 11) is 1.68. The van der Waals surface area contributed by atoms with E-state index in [1.165, 1.54) is 12.1 Å². The summed E-state index contributed by atoms with van der Waals surface area (Å²) in [5, 5.41) is 16.5. The molecule has 1 aromatic heterocycles. The Bertz CT molecular complexity index is 373. The molecule has 1 heterocycles. The Kier molecular flexibility index (Phi) is 4.84. The SMILES string of the molecule is CNc1cc([N+](=O)[O-])cc(NCCSC)n1. The van der Waals surface area contributed by atoms with Gasteiger partial charge < -0.3 is 10.6 Å². The second-order valence-corrected chi connectivity index (χ2v) is 4.01. The third-order valence-electron chi connectivity index (χ3n) is 1.89. The molecule has 0 aromatic carbocycles. The molecule has 1 aromatic rings. The highest BCUT2D eigenvalue weighted by molar-refractivity contribution is 7.98. The van der Waals surface area contributed by atoms with Gasteiger partial charge in [-0.3, -0.25) is 10.1 Å². The predicted molar refractivity (Wildman–Crippen MR) is 67.3 cm³/mol. The number of hydrogen-bond donors (Lipinski definition) is 2. The first-order chi connectivity index (χ1) is 7.67. The van der Waals surface area contributed by atoms with Gasteiger partial charge in [0.15, 0.2) is 0 Å². The van der Waals surface area contributed by atoms with Crippen LogP contribution in [0.25, 0.3) is 0 Å². The van der Waals surface area contributed by atoms with Crippen molar-refractivity contribution in [3.05, 3.63) is 22.2 Å². The molecule has 0 atom stereocenters. The number of anilines is 2. The van der Waals surface area contributed by atoms with Crippen molar-refractivity contribution < 1.29 is 4.92 Å². The molecule has 0 amide bonds. The van der Waals surface area contributed by atoms with Gasteiger partial charge in [-0.2, -0.15) is 11.8 Å². The fraction of sp³-hybridized carbons (Fsp3) is 0.444. The van der Waals surface area contributed by atoms with Crippen LogP contribution in [0.2, 0.25) is 0 Å². The van der Waals surface area contributed by atoms with Crippen LogP contribution in [-0.2, 0) is 0 Å². The number of hydrogen-bond acceptors (Lipinski definition) is 6. The minimum Gasteiger partial charge on any atom is -0.373 e. The van der Waals surface area contributed by atoms with Crippen molar-refractivity contribution in [3.8, 4) is 0 Å². The van der Waals surface area contributed by atoms with Crippen LogP contribution in [-0.4, -0.2) is 35.5 Å². The fourth-order valence-corrected chi connectivity index (χ4v) is 1.43. The van der Waals surface area contributed by atoms with Gasteiger partial charge in [-0.15, -0.1) is 0 Å². The molecule has 0 saturated carbocycles.